The largest absolute Gasteiger partial charge is 0.494 e. The molecule has 0 fully saturated rings. The van der Waals surface area contributed by atoms with Gasteiger partial charge in [-0.1, -0.05) is 32.9 Å². The molecule has 1 unspecified atom stereocenters. The average molecular weight is 305 g/mol. The first-order valence-electron chi connectivity index (χ1n) is 7.26. The second kappa shape index (κ2) is 6.58. The highest BCUT2D eigenvalue weighted by Gasteiger charge is 2.19. The lowest BCUT2D eigenvalue weighted by molar-refractivity contribution is 0.178. The van der Waals surface area contributed by atoms with Crippen LogP contribution in [0.1, 0.15) is 50.1 Å². The maximum Gasteiger partial charge on any atom is 0.119 e. The maximum absolute atomic E-state index is 10.3. The van der Waals surface area contributed by atoms with Crippen molar-refractivity contribution >= 4 is 11.3 Å². The molecule has 1 N–H and O–H groups in total. The monoisotopic (exact) mass is 305 g/mol. The zero-order valence-corrected chi connectivity index (χ0v) is 13.9. The first kappa shape index (κ1) is 16.0. The summed E-state index contributed by atoms with van der Waals surface area (Å²) in [5, 5.41) is 13.4. The number of aromatic nitrogens is 1. The van der Waals surface area contributed by atoms with Crippen LogP contribution in [0.4, 0.5) is 0 Å². The van der Waals surface area contributed by atoms with Gasteiger partial charge >= 0.3 is 0 Å². The number of aliphatic hydroxyl groups is 1. The van der Waals surface area contributed by atoms with Crippen LogP contribution in [0.5, 0.6) is 5.75 Å². The van der Waals surface area contributed by atoms with Crippen molar-refractivity contribution in [3.8, 4) is 5.75 Å². The molecule has 0 bridgehead atoms. The van der Waals surface area contributed by atoms with Gasteiger partial charge in [0.25, 0.3) is 0 Å². The highest BCUT2D eigenvalue weighted by Crippen LogP contribution is 2.27. The van der Waals surface area contributed by atoms with Crippen LogP contribution >= 0.6 is 11.3 Å². The van der Waals surface area contributed by atoms with Crippen molar-refractivity contribution in [2.45, 2.75) is 45.6 Å². The Labute approximate surface area is 130 Å². The number of hydrogen-bond acceptors (Lipinski definition) is 4. The number of ether oxygens (including phenoxy) is 1. The number of nitrogens with zero attached hydrogens (tertiary/aromatic N) is 1. The van der Waals surface area contributed by atoms with Crippen LogP contribution in [0, 0.1) is 0 Å². The summed E-state index contributed by atoms with van der Waals surface area (Å²) in [5.41, 5.74) is 2.03. The van der Waals surface area contributed by atoms with E-state index in [1.165, 1.54) is 0 Å². The highest BCUT2D eigenvalue weighted by molar-refractivity contribution is 7.09. The van der Waals surface area contributed by atoms with Gasteiger partial charge in [0.05, 0.1) is 23.4 Å². The van der Waals surface area contributed by atoms with E-state index in [2.05, 4.69) is 31.1 Å². The van der Waals surface area contributed by atoms with E-state index < -0.39 is 6.10 Å². The number of benzene rings is 1. The average Bonchev–Trinajstić information content (AvgIpc) is 2.88. The molecule has 21 heavy (non-hydrogen) atoms. The fraction of sp³-hybridized carbons (Fsp3) is 0.471. The molecule has 2 aromatic rings. The second-order valence-electron chi connectivity index (χ2n) is 6.10. The van der Waals surface area contributed by atoms with E-state index in [4.69, 9.17) is 4.74 Å². The first-order chi connectivity index (χ1) is 9.90. The van der Waals surface area contributed by atoms with E-state index >= 15 is 0 Å². The van der Waals surface area contributed by atoms with Crippen molar-refractivity contribution in [1.82, 2.24) is 4.98 Å². The van der Waals surface area contributed by atoms with E-state index in [1.807, 2.05) is 31.2 Å². The summed E-state index contributed by atoms with van der Waals surface area (Å²) in [6.07, 6.45) is 0.0222. The third-order valence-corrected chi connectivity index (χ3v) is 4.14. The standard InChI is InChI=1S/C17H23NO2S/c1-5-20-13-8-6-12(7-9-13)14(19)10-16-18-15(11-21-16)17(2,3)4/h6-9,11,14,19H,5,10H2,1-4H3. The number of thiazole rings is 1. The summed E-state index contributed by atoms with van der Waals surface area (Å²) in [7, 11) is 0. The molecule has 0 aliphatic carbocycles. The highest BCUT2D eigenvalue weighted by atomic mass is 32.1. The van der Waals surface area contributed by atoms with Crippen molar-refractivity contribution in [1.29, 1.82) is 0 Å². The quantitative estimate of drug-likeness (QED) is 0.903. The first-order valence-corrected chi connectivity index (χ1v) is 8.14. The number of aliphatic hydroxyl groups excluding tert-OH is 1. The molecule has 2 rings (SSSR count). The van der Waals surface area contributed by atoms with Gasteiger partial charge in [0.1, 0.15) is 5.75 Å². The van der Waals surface area contributed by atoms with Crippen LogP contribution < -0.4 is 4.74 Å². The fourth-order valence-electron chi connectivity index (χ4n) is 1.99. The molecule has 4 heteroatoms. The third kappa shape index (κ3) is 4.29. The van der Waals surface area contributed by atoms with E-state index in [0.717, 1.165) is 22.0 Å². The van der Waals surface area contributed by atoms with Crippen LogP contribution in [-0.2, 0) is 11.8 Å². The van der Waals surface area contributed by atoms with Gasteiger partial charge in [-0.05, 0) is 24.6 Å². The molecular formula is C17H23NO2S. The molecule has 0 aliphatic rings. The summed E-state index contributed by atoms with van der Waals surface area (Å²) in [6, 6.07) is 7.61. The Balaban J connectivity index is 2.03. The topological polar surface area (TPSA) is 42.4 Å². The van der Waals surface area contributed by atoms with Gasteiger partial charge < -0.3 is 9.84 Å². The van der Waals surface area contributed by atoms with Crippen LogP contribution in [0.2, 0.25) is 0 Å². The molecule has 1 aromatic heterocycles. The van der Waals surface area contributed by atoms with Crippen LogP contribution in [0.15, 0.2) is 29.6 Å². The zero-order valence-electron chi connectivity index (χ0n) is 13.1. The molecule has 0 spiro atoms. The SMILES string of the molecule is CCOc1ccc(C(O)Cc2nc(C(C)(C)C)cs2)cc1. The minimum Gasteiger partial charge on any atom is -0.494 e. The van der Waals surface area contributed by atoms with Crippen molar-refractivity contribution < 1.29 is 9.84 Å². The van der Waals surface area contributed by atoms with Crippen molar-refractivity contribution in [3.05, 3.63) is 45.9 Å². The molecule has 3 nitrogen and oxygen atoms in total. The molecule has 1 heterocycles. The normalized spacial score (nSPS) is 13.2. The van der Waals surface area contributed by atoms with Gasteiger partial charge in [-0.25, -0.2) is 4.98 Å². The fourth-order valence-corrected chi connectivity index (χ4v) is 3.04. The van der Waals surface area contributed by atoms with Gasteiger partial charge in [-0.15, -0.1) is 11.3 Å². The van der Waals surface area contributed by atoms with E-state index in [1.54, 1.807) is 11.3 Å². The summed E-state index contributed by atoms with van der Waals surface area (Å²) < 4.78 is 5.41. The molecule has 0 saturated heterocycles. The van der Waals surface area contributed by atoms with E-state index in [0.29, 0.717) is 13.0 Å². The Morgan fingerprint density at radius 1 is 1.24 bits per heavy atom. The minimum atomic E-state index is -0.528. The molecule has 1 aromatic carbocycles. The summed E-state index contributed by atoms with van der Waals surface area (Å²) in [6.45, 7) is 9.05. The summed E-state index contributed by atoms with van der Waals surface area (Å²) in [5.74, 6) is 0.831. The number of hydrogen-bond donors (Lipinski definition) is 1. The molecule has 1 atom stereocenters. The van der Waals surface area contributed by atoms with Gasteiger partial charge in [0.2, 0.25) is 0 Å². The summed E-state index contributed by atoms with van der Waals surface area (Å²) in [4.78, 5) is 4.63. The van der Waals surface area contributed by atoms with E-state index in [-0.39, 0.29) is 5.41 Å². The van der Waals surface area contributed by atoms with Crippen LogP contribution in [0.25, 0.3) is 0 Å². The Kier molecular flexibility index (Phi) is 5.01. The summed E-state index contributed by atoms with van der Waals surface area (Å²) >= 11 is 1.61. The predicted octanol–water partition coefficient (Wildman–Crippen LogP) is 4.12. The van der Waals surface area contributed by atoms with Crippen molar-refractivity contribution in [3.63, 3.8) is 0 Å². The smallest absolute Gasteiger partial charge is 0.119 e. The lowest BCUT2D eigenvalue weighted by Crippen LogP contribution is -2.12. The Morgan fingerprint density at radius 3 is 2.43 bits per heavy atom. The Morgan fingerprint density at radius 2 is 1.90 bits per heavy atom. The molecular weight excluding hydrogens is 282 g/mol. The third-order valence-electron chi connectivity index (χ3n) is 3.26. The van der Waals surface area contributed by atoms with Gasteiger partial charge in [-0.2, -0.15) is 0 Å². The molecule has 114 valence electrons. The van der Waals surface area contributed by atoms with Gasteiger partial charge in [-0.3, -0.25) is 0 Å². The van der Waals surface area contributed by atoms with Crippen LogP contribution in [0.3, 0.4) is 0 Å². The predicted molar refractivity (Wildman–Crippen MR) is 87.1 cm³/mol. The zero-order chi connectivity index (χ0) is 15.5. The van der Waals surface area contributed by atoms with Crippen molar-refractivity contribution in [2.75, 3.05) is 6.61 Å². The lowest BCUT2D eigenvalue weighted by atomic mass is 9.93. The molecule has 0 saturated carbocycles. The molecule has 0 radical (unpaired) electrons. The van der Waals surface area contributed by atoms with Crippen molar-refractivity contribution in [2.24, 2.45) is 0 Å². The lowest BCUT2D eigenvalue weighted by Gasteiger charge is -2.14. The van der Waals surface area contributed by atoms with Gasteiger partial charge in [0.15, 0.2) is 0 Å². The second-order valence-corrected chi connectivity index (χ2v) is 7.04. The maximum atomic E-state index is 10.3. The molecule has 0 aliphatic heterocycles. The van der Waals surface area contributed by atoms with E-state index in [9.17, 15) is 5.11 Å². The van der Waals surface area contributed by atoms with Crippen LogP contribution in [-0.4, -0.2) is 16.7 Å². The minimum absolute atomic E-state index is 0.0544. The Bertz CT molecular complexity index is 569. The van der Waals surface area contributed by atoms with Gasteiger partial charge in [0, 0.05) is 17.2 Å². The number of rotatable bonds is 5. The Hall–Kier alpha value is -1.39. The molecule has 0 amide bonds.